The predicted octanol–water partition coefficient (Wildman–Crippen LogP) is -0.202. The van der Waals surface area contributed by atoms with Gasteiger partial charge in [-0.15, -0.1) is 0 Å². The molecule has 1 amide bonds. The number of anilines is 1. The van der Waals surface area contributed by atoms with E-state index in [1.165, 1.54) is 0 Å². The fourth-order valence-electron chi connectivity index (χ4n) is 1.30. The maximum Gasteiger partial charge on any atom is 0.269 e. The molecule has 2 heterocycles. The van der Waals surface area contributed by atoms with E-state index in [1.54, 1.807) is 10.7 Å². The average Bonchev–Trinajstić information content (AvgIpc) is 2.46. The molecule has 0 fully saturated rings. The molecule has 0 spiro atoms. The van der Waals surface area contributed by atoms with Crippen molar-refractivity contribution in [2.45, 2.75) is 13.0 Å². The molecule has 12 heavy (non-hydrogen) atoms. The van der Waals surface area contributed by atoms with Crippen LogP contribution in [0.25, 0.3) is 0 Å². The van der Waals surface area contributed by atoms with Gasteiger partial charge in [-0.1, -0.05) is 0 Å². The first-order valence-corrected chi connectivity index (χ1v) is 3.89. The van der Waals surface area contributed by atoms with Crippen molar-refractivity contribution >= 4 is 11.7 Å². The summed E-state index contributed by atoms with van der Waals surface area (Å²) in [5.41, 5.74) is 5.42. The Balaban J connectivity index is 2.38. The highest BCUT2D eigenvalue weighted by molar-refractivity contribution is 5.91. The van der Waals surface area contributed by atoms with Crippen LogP contribution in [0.4, 0.5) is 5.82 Å². The Morgan fingerprint density at radius 3 is 3.25 bits per heavy atom. The Labute approximate surface area is 69.5 Å². The maximum absolute atomic E-state index is 10.7. The van der Waals surface area contributed by atoms with Crippen LogP contribution in [0, 0.1) is 0 Å². The fraction of sp³-hybridized carbons (Fsp3) is 0.429. The van der Waals surface area contributed by atoms with Gasteiger partial charge in [-0.2, -0.15) is 5.10 Å². The van der Waals surface area contributed by atoms with Crippen LogP contribution in [0.5, 0.6) is 0 Å². The van der Waals surface area contributed by atoms with E-state index in [1.807, 2.05) is 0 Å². The molecule has 0 saturated carbocycles. The topological polar surface area (TPSA) is 72.9 Å². The van der Waals surface area contributed by atoms with Gasteiger partial charge < -0.3 is 11.1 Å². The maximum atomic E-state index is 10.7. The minimum absolute atomic E-state index is 0.333. The molecule has 0 aliphatic carbocycles. The second kappa shape index (κ2) is 2.51. The van der Waals surface area contributed by atoms with E-state index < -0.39 is 5.91 Å². The van der Waals surface area contributed by atoms with Crippen LogP contribution >= 0.6 is 0 Å². The number of hydrogen-bond donors (Lipinski definition) is 2. The third-order valence-electron chi connectivity index (χ3n) is 1.89. The zero-order valence-electron chi connectivity index (χ0n) is 6.58. The van der Waals surface area contributed by atoms with Crippen LogP contribution < -0.4 is 11.1 Å². The largest absolute Gasteiger partial charge is 0.370 e. The van der Waals surface area contributed by atoms with Gasteiger partial charge in [-0.25, -0.2) is 4.68 Å². The molecule has 0 aromatic carbocycles. The fourth-order valence-corrected chi connectivity index (χ4v) is 1.30. The minimum Gasteiger partial charge on any atom is -0.370 e. The van der Waals surface area contributed by atoms with E-state index in [0.29, 0.717) is 5.69 Å². The molecule has 5 heteroatoms. The average molecular weight is 166 g/mol. The monoisotopic (exact) mass is 166 g/mol. The lowest BCUT2D eigenvalue weighted by molar-refractivity contribution is 0.0994. The van der Waals surface area contributed by atoms with Crippen LogP contribution in [-0.2, 0) is 6.54 Å². The standard InChI is InChI=1S/C7H10N4O/c8-7(12)5-4-6-9-2-1-3-11(6)10-5/h4,9H,1-3H2,(H2,8,12). The van der Waals surface area contributed by atoms with Crippen molar-refractivity contribution in [3.05, 3.63) is 11.8 Å². The Bertz CT molecular complexity index is 294. The minimum atomic E-state index is -0.473. The van der Waals surface area contributed by atoms with Gasteiger partial charge in [0.25, 0.3) is 5.91 Å². The molecular weight excluding hydrogens is 156 g/mol. The summed E-state index contributed by atoms with van der Waals surface area (Å²) >= 11 is 0. The van der Waals surface area contributed by atoms with Crippen LogP contribution in [0.3, 0.4) is 0 Å². The summed E-state index contributed by atoms with van der Waals surface area (Å²) in [6.45, 7) is 1.79. The smallest absolute Gasteiger partial charge is 0.269 e. The quantitative estimate of drug-likeness (QED) is 0.606. The molecule has 0 unspecified atom stereocenters. The SMILES string of the molecule is NC(=O)c1cc2n(n1)CCCN2. The van der Waals surface area contributed by atoms with Crippen molar-refractivity contribution in [1.29, 1.82) is 0 Å². The van der Waals surface area contributed by atoms with Crippen LogP contribution in [-0.4, -0.2) is 22.2 Å². The lowest BCUT2D eigenvalue weighted by atomic mass is 10.3. The second-order valence-corrected chi connectivity index (χ2v) is 2.78. The molecular formula is C7H10N4O. The van der Waals surface area contributed by atoms with Crippen LogP contribution in [0.1, 0.15) is 16.9 Å². The van der Waals surface area contributed by atoms with Crippen molar-refractivity contribution in [1.82, 2.24) is 9.78 Å². The number of carbonyl (C=O) groups excluding carboxylic acids is 1. The highest BCUT2D eigenvalue weighted by atomic mass is 16.1. The normalized spacial score (nSPS) is 15.0. The first-order valence-electron chi connectivity index (χ1n) is 3.89. The predicted molar refractivity (Wildman–Crippen MR) is 43.9 cm³/mol. The molecule has 0 atom stereocenters. The number of primary amides is 1. The summed E-state index contributed by atoms with van der Waals surface area (Å²) < 4.78 is 1.77. The molecule has 3 N–H and O–H groups in total. The molecule has 0 bridgehead atoms. The molecule has 1 aromatic rings. The summed E-state index contributed by atoms with van der Waals surface area (Å²) in [6, 6.07) is 1.68. The summed E-state index contributed by atoms with van der Waals surface area (Å²) in [4.78, 5) is 10.7. The van der Waals surface area contributed by atoms with E-state index in [0.717, 1.165) is 25.3 Å². The van der Waals surface area contributed by atoms with Gasteiger partial charge in [0.15, 0.2) is 5.69 Å². The highest BCUT2D eigenvalue weighted by Crippen LogP contribution is 2.14. The number of rotatable bonds is 1. The van der Waals surface area contributed by atoms with Gasteiger partial charge in [0, 0.05) is 19.2 Å². The summed E-state index contributed by atoms with van der Waals surface area (Å²) in [7, 11) is 0. The third kappa shape index (κ3) is 1.03. The Kier molecular flexibility index (Phi) is 1.49. The summed E-state index contributed by atoms with van der Waals surface area (Å²) in [5, 5.41) is 7.16. The van der Waals surface area contributed by atoms with E-state index in [9.17, 15) is 4.79 Å². The van der Waals surface area contributed by atoms with Gasteiger partial charge in [0.05, 0.1) is 0 Å². The Morgan fingerprint density at radius 2 is 2.58 bits per heavy atom. The van der Waals surface area contributed by atoms with E-state index in [2.05, 4.69) is 10.4 Å². The zero-order valence-corrected chi connectivity index (χ0v) is 6.58. The number of nitrogens with one attached hydrogen (secondary N) is 1. The van der Waals surface area contributed by atoms with Crippen LogP contribution in [0.15, 0.2) is 6.07 Å². The molecule has 1 aromatic heterocycles. The van der Waals surface area contributed by atoms with Gasteiger partial charge >= 0.3 is 0 Å². The summed E-state index contributed by atoms with van der Waals surface area (Å²) in [5.74, 6) is 0.411. The number of fused-ring (bicyclic) bond motifs is 1. The van der Waals surface area contributed by atoms with Crippen molar-refractivity contribution in [2.24, 2.45) is 5.73 Å². The van der Waals surface area contributed by atoms with E-state index >= 15 is 0 Å². The molecule has 5 nitrogen and oxygen atoms in total. The lowest BCUT2D eigenvalue weighted by Gasteiger charge is -2.14. The molecule has 0 radical (unpaired) electrons. The number of carbonyl (C=O) groups is 1. The van der Waals surface area contributed by atoms with Crippen molar-refractivity contribution < 1.29 is 4.79 Å². The van der Waals surface area contributed by atoms with Gasteiger partial charge in [0.2, 0.25) is 0 Å². The molecule has 64 valence electrons. The van der Waals surface area contributed by atoms with Crippen molar-refractivity contribution in [2.75, 3.05) is 11.9 Å². The second-order valence-electron chi connectivity index (χ2n) is 2.78. The van der Waals surface area contributed by atoms with Gasteiger partial charge in [-0.05, 0) is 6.42 Å². The molecule has 1 aliphatic rings. The van der Waals surface area contributed by atoms with E-state index in [-0.39, 0.29) is 0 Å². The van der Waals surface area contributed by atoms with Crippen LogP contribution in [0.2, 0.25) is 0 Å². The Morgan fingerprint density at radius 1 is 1.75 bits per heavy atom. The number of aryl methyl sites for hydroxylation is 1. The third-order valence-corrected chi connectivity index (χ3v) is 1.89. The first-order chi connectivity index (χ1) is 5.77. The number of amides is 1. The number of aromatic nitrogens is 2. The van der Waals surface area contributed by atoms with E-state index in [4.69, 9.17) is 5.73 Å². The lowest BCUT2D eigenvalue weighted by Crippen LogP contribution is -2.17. The zero-order chi connectivity index (χ0) is 8.55. The summed E-state index contributed by atoms with van der Waals surface area (Å²) in [6.07, 6.45) is 1.03. The van der Waals surface area contributed by atoms with Crippen molar-refractivity contribution in [3.63, 3.8) is 0 Å². The number of nitrogens with two attached hydrogens (primary N) is 1. The molecule has 2 rings (SSSR count). The Hall–Kier alpha value is -1.52. The van der Waals surface area contributed by atoms with Crippen molar-refractivity contribution in [3.8, 4) is 0 Å². The van der Waals surface area contributed by atoms with Gasteiger partial charge in [-0.3, -0.25) is 4.79 Å². The first kappa shape index (κ1) is 7.15. The van der Waals surface area contributed by atoms with Gasteiger partial charge in [0.1, 0.15) is 5.82 Å². The molecule has 1 aliphatic heterocycles. The number of hydrogen-bond acceptors (Lipinski definition) is 3. The highest BCUT2D eigenvalue weighted by Gasteiger charge is 2.13. The molecule has 0 saturated heterocycles. The number of nitrogens with zero attached hydrogens (tertiary/aromatic N) is 2.